The average molecular weight is 278 g/mol. The van der Waals surface area contributed by atoms with Gasteiger partial charge in [-0.1, -0.05) is 18.2 Å². The maximum Gasteiger partial charge on any atom is 0.271 e. The van der Waals surface area contributed by atoms with Crippen LogP contribution in [-0.2, 0) is 20.6 Å². The number of imidazole rings is 1. The predicted octanol–water partition coefficient (Wildman–Crippen LogP) is 2.38. The summed E-state index contributed by atoms with van der Waals surface area (Å²) in [6.07, 6.45) is 1.74. The van der Waals surface area contributed by atoms with E-state index in [4.69, 9.17) is 4.11 Å². The molecule has 1 aliphatic heterocycles. The van der Waals surface area contributed by atoms with Gasteiger partial charge in [-0.2, -0.15) is 0 Å². The van der Waals surface area contributed by atoms with E-state index in [1.807, 2.05) is 41.9 Å². The number of nitrogens with zero attached hydrogens (tertiary/aromatic N) is 4. The van der Waals surface area contributed by atoms with Crippen molar-refractivity contribution in [3.8, 4) is 11.4 Å². The molecule has 4 heteroatoms. The number of hydrogen-bond donors (Lipinski definition) is 0. The van der Waals surface area contributed by atoms with Crippen LogP contribution in [0.1, 0.15) is 9.68 Å². The summed E-state index contributed by atoms with van der Waals surface area (Å²) < 4.78 is 29.9. The van der Waals surface area contributed by atoms with Crippen LogP contribution >= 0.6 is 0 Å². The van der Waals surface area contributed by atoms with Gasteiger partial charge in [0.1, 0.15) is 0 Å². The first-order valence-electron chi connectivity index (χ1n) is 8.45. The van der Waals surface area contributed by atoms with Gasteiger partial charge in [0.15, 0.2) is 5.52 Å². The van der Waals surface area contributed by atoms with Crippen LogP contribution < -0.4 is 4.57 Å². The van der Waals surface area contributed by atoms with Gasteiger partial charge in [-0.3, -0.25) is 4.57 Å². The number of hydrogen-bond acceptors (Lipinski definition) is 1. The van der Waals surface area contributed by atoms with Gasteiger partial charge in [0.2, 0.25) is 11.5 Å². The Hall–Kier alpha value is -2.62. The molecule has 5 rings (SSSR count). The van der Waals surface area contributed by atoms with E-state index in [1.165, 1.54) is 4.57 Å². The van der Waals surface area contributed by atoms with Crippen LogP contribution in [0.2, 0.25) is 0 Å². The Kier molecular flexibility index (Phi) is 1.45. The Bertz CT molecular complexity index is 1130. The first-order chi connectivity index (χ1) is 11.5. The topological polar surface area (TPSA) is 26.6 Å². The monoisotopic (exact) mass is 278 g/mol. The molecule has 1 aliphatic rings. The molecule has 0 unspecified atom stereocenters. The molecule has 21 heavy (non-hydrogen) atoms. The van der Waals surface area contributed by atoms with Crippen LogP contribution in [0, 0.1) is 0 Å². The third kappa shape index (κ3) is 1.17. The molecule has 0 aliphatic carbocycles. The van der Waals surface area contributed by atoms with E-state index in [-0.39, 0.29) is 0 Å². The Morgan fingerprint density at radius 1 is 1.19 bits per heavy atom. The van der Waals surface area contributed by atoms with Crippen molar-refractivity contribution in [2.24, 2.45) is 14.0 Å². The molecule has 0 amide bonds. The molecule has 1 aromatic carbocycles. The summed E-state index contributed by atoms with van der Waals surface area (Å²) in [6, 6.07) is 11.8. The number of rotatable bonds is 0. The van der Waals surface area contributed by atoms with Gasteiger partial charge in [-0.15, -0.1) is 0 Å². The SMILES string of the molecule is [2H]C([2H])([2H])n1c2[n+](c3c1c1cccnc1n3C)Cc1ccccc1-2. The lowest BCUT2D eigenvalue weighted by Gasteiger charge is -1.97. The Morgan fingerprint density at radius 3 is 3.00 bits per heavy atom. The van der Waals surface area contributed by atoms with Gasteiger partial charge in [-0.05, 0) is 18.2 Å². The number of fused-ring (bicyclic) bond motifs is 7. The minimum absolute atomic E-state index is 0.676. The van der Waals surface area contributed by atoms with Crippen LogP contribution in [0.3, 0.4) is 0 Å². The van der Waals surface area contributed by atoms with E-state index >= 15 is 0 Å². The third-order valence-corrected chi connectivity index (χ3v) is 4.42. The normalized spacial score (nSPS) is 15.8. The van der Waals surface area contributed by atoms with Gasteiger partial charge < -0.3 is 0 Å². The van der Waals surface area contributed by atoms with E-state index in [1.54, 1.807) is 6.20 Å². The molecule has 0 saturated heterocycles. The summed E-state index contributed by atoms with van der Waals surface area (Å²) >= 11 is 0. The van der Waals surface area contributed by atoms with Gasteiger partial charge in [-0.25, -0.2) is 14.1 Å². The Morgan fingerprint density at radius 2 is 2.10 bits per heavy atom. The van der Waals surface area contributed by atoms with Crippen LogP contribution in [0.5, 0.6) is 0 Å². The van der Waals surface area contributed by atoms with Crippen molar-refractivity contribution >= 4 is 22.2 Å². The molecule has 0 saturated carbocycles. The Labute approximate surface area is 126 Å². The summed E-state index contributed by atoms with van der Waals surface area (Å²) in [6.45, 7) is -1.59. The van der Waals surface area contributed by atoms with Crippen LogP contribution in [0.4, 0.5) is 0 Å². The van der Waals surface area contributed by atoms with Crippen molar-refractivity contribution in [3.63, 3.8) is 0 Å². The molecule has 0 atom stereocenters. The highest BCUT2D eigenvalue weighted by molar-refractivity contribution is 6.03. The molecule has 4 nitrogen and oxygen atoms in total. The standard InChI is InChI=1S/C17H15N4/c1-19-14-13-8-5-9-18-15(13)20(2)17(14)21-10-11-6-3-4-7-12(11)16(19)21/h3-9H,10H2,1-2H3/q+1/i1D3. The van der Waals surface area contributed by atoms with E-state index in [0.29, 0.717) is 6.54 Å². The molecule has 3 aromatic heterocycles. The maximum absolute atomic E-state index is 8.12. The van der Waals surface area contributed by atoms with Crippen molar-refractivity contribution in [1.29, 1.82) is 0 Å². The number of pyridine rings is 1. The fraction of sp³-hybridized carbons (Fsp3) is 0.176. The summed E-state index contributed by atoms with van der Waals surface area (Å²) in [5.74, 6) is 0.747. The molecule has 0 N–H and O–H groups in total. The summed E-state index contributed by atoms with van der Waals surface area (Å²) in [5.41, 5.74) is 4.55. The van der Waals surface area contributed by atoms with Gasteiger partial charge in [0.25, 0.3) is 5.65 Å². The van der Waals surface area contributed by atoms with Crippen molar-refractivity contribution in [3.05, 3.63) is 48.2 Å². The molecule has 0 radical (unpaired) electrons. The number of aromatic nitrogens is 4. The Balaban J connectivity index is 2.05. The van der Waals surface area contributed by atoms with Crippen LogP contribution in [0.25, 0.3) is 33.6 Å². The third-order valence-electron chi connectivity index (χ3n) is 4.42. The summed E-state index contributed by atoms with van der Waals surface area (Å²) in [4.78, 5) is 4.44. The number of aryl methyl sites for hydroxylation is 2. The zero-order valence-electron chi connectivity index (χ0n) is 14.5. The minimum atomic E-state index is -2.26. The molecule has 0 bridgehead atoms. The second-order valence-electron chi connectivity index (χ2n) is 5.51. The average Bonchev–Trinajstić information content (AvgIpc) is 3.15. The van der Waals surface area contributed by atoms with Gasteiger partial charge in [0.05, 0.1) is 35.6 Å². The van der Waals surface area contributed by atoms with Crippen molar-refractivity contribution in [1.82, 2.24) is 14.1 Å². The predicted molar refractivity (Wildman–Crippen MR) is 81.9 cm³/mol. The van der Waals surface area contributed by atoms with Gasteiger partial charge in [0, 0.05) is 11.8 Å². The minimum Gasteiger partial charge on any atom is -0.255 e. The van der Waals surface area contributed by atoms with E-state index < -0.39 is 6.98 Å². The molecule has 4 aromatic rings. The highest BCUT2D eigenvalue weighted by atomic mass is 15.2. The first kappa shape index (κ1) is 8.62. The molecular formula is C17H15N4+. The second kappa shape index (κ2) is 3.52. The smallest absolute Gasteiger partial charge is 0.255 e. The fourth-order valence-corrected chi connectivity index (χ4v) is 3.55. The molecule has 102 valence electrons. The zero-order chi connectivity index (χ0) is 16.6. The fourth-order valence-electron chi connectivity index (χ4n) is 3.55. The first-order valence-corrected chi connectivity index (χ1v) is 6.95. The van der Waals surface area contributed by atoms with Crippen LogP contribution in [-0.4, -0.2) is 14.1 Å². The number of benzene rings is 1. The molecule has 0 fully saturated rings. The highest BCUT2D eigenvalue weighted by Crippen LogP contribution is 2.34. The molecule has 4 heterocycles. The van der Waals surface area contributed by atoms with Crippen LogP contribution in [0.15, 0.2) is 42.6 Å². The quantitative estimate of drug-likeness (QED) is 0.399. The van der Waals surface area contributed by atoms with Crippen molar-refractivity contribution < 1.29 is 8.68 Å². The maximum atomic E-state index is 8.12. The van der Waals surface area contributed by atoms with E-state index in [2.05, 4.69) is 15.6 Å². The van der Waals surface area contributed by atoms with E-state index in [0.717, 1.165) is 39.1 Å². The summed E-state index contributed by atoms with van der Waals surface area (Å²) in [7, 11) is 1.94. The zero-order valence-corrected chi connectivity index (χ0v) is 11.5. The molecule has 0 spiro atoms. The van der Waals surface area contributed by atoms with Gasteiger partial charge >= 0.3 is 0 Å². The highest BCUT2D eigenvalue weighted by Gasteiger charge is 2.34. The largest absolute Gasteiger partial charge is 0.271 e. The molecular weight excluding hydrogens is 260 g/mol. The lowest BCUT2D eigenvalue weighted by molar-refractivity contribution is -0.648. The second-order valence-corrected chi connectivity index (χ2v) is 5.51. The summed E-state index contributed by atoms with van der Waals surface area (Å²) in [5, 5.41) is 0.866. The lowest BCUT2D eigenvalue weighted by atomic mass is 10.1. The van der Waals surface area contributed by atoms with Crippen molar-refractivity contribution in [2.75, 3.05) is 0 Å². The van der Waals surface area contributed by atoms with E-state index in [9.17, 15) is 0 Å². The van der Waals surface area contributed by atoms with Crippen molar-refractivity contribution in [2.45, 2.75) is 6.54 Å². The lowest BCUT2D eigenvalue weighted by Crippen LogP contribution is -2.33.